The lowest BCUT2D eigenvalue weighted by Gasteiger charge is -2.10. The Kier molecular flexibility index (Phi) is 4.93. The Morgan fingerprint density at radius 2 is 1.79 bits per heavy atom. The second-order valence-corrected chi connectivity index (χ2v) is 6.14. The van der Waals surface area contributed by atoms with Gasteiger partial charge in [-0.2, -0.15) is 18.3 Å². The number of halogens is 5. The number of aryl methyl sites for hydroxylation is 2. The first-order valence-electron chi connectivity index (χ1n) is 8.05. The highest BCUT2D eigenvalue weighted by molar-refractivity contribution is 6.05. The number of hydrogen-bond acceptors (Lipinski definition) is 2. The van der Waals surface area contributed by atoms with Gasteiger partial charge in [0, 0.05) is 23.9 Å². The lowest BCUT2D eigenvalue weighted by atomic mass is 10.1. The van der Waals surface area contributed by atoms with Gasteiger partial charge >= 0.3 is 6.18 Å². The molecule has 0 radical (unpaired) electrons. The van der Waals surface area contributed by atoms with Crippen LogP contribution in [0.4, 0.5) is 27.6 Å². The molecule has 9 heteroatoms. The molecule has 0 aliphatic carbocycles. The summed E-state index contributed by atoms with van der Waals surface area (Å²) in [7, 11) is 1.27. The van der Waals surface area contributed by atoms with E-state index in [1.54, 1.807) is 6.92 Å². The Hall–Kier alpha value is -3.23. The van der Waals surface area contributed by atoms with E-state index < -0.39 is 29.4 Å². The number of anilines is 1. The summed E-state index contributed by atoms with van der Waals surface area (Å²) < 4.78 is 66.9. The van der Waals surface area contributed by atoms with E-state index in [1.165, 1.54) is 31.3 Å². The van der Waals surface area contributed by atoms with E-state index in [9.17, 15) is 26.7 Å². The monoisotopic (exact) mass is 395 g/mol. The summed E-state index contributed by atoms with van der Waals surface area (Å²) in [4.78, 5) is 12.3. The van der Waals surface area contributed by atoms with Crippen molar-refractivity contribution in [3.63, 3.8) is 0 Å². The molecule has 0 saturated heterocycles. The predicted octanol–water partition coefficient (Wildman–Crippen LogP) is 4.94. The number of carbonyl (C=O) groups is 1. The van der Waals surface area contributed by atoms with Gasteiger partial charge in [0.15, 0.2) is 5.69 Å². The van der Waals surface area contributed by atoms with Crippen LogP contribution in [0.15, 0.2) is 42.5 Å². The number of carbonyl (C=O) groups excluding carboxylic acids is 1. The molecule has 0 saturated carbocycles. The van der Waals surface area contributed by atoms with Gasteiger partial charge < -0.3 is 5.32 Å². The number of aromatic nitrogens is 2. The van der Waals surface area contributed by atoms with Gasteiger partial charge in [-0.05, 0) is 55.0 Å². The maximum Gasteiger partial charge on any atom is 0.435 e. The normalized spacial score (nSPS) is 11.5. The van der Waals surface area contributed by atoms with Crippen molar-refractivity contribution in [2.45, 2.75) is 13.1 Å². The van der Waals surface area contributed by atoms with Gasteiger partial charge in [0.25, 0.3) is 5.91 Å². The minimum Gasteiger partial charge on any atom is -0.322 e. The van der Waals surface area contributed by atoms with E-state index >= 15 is 0 Å². The summed E-state index contributed by atoms with van der Waals surface area (Å²) in [5.74, 6) is -1.88. The largest absolute Gasteiger partial charge is 0.435 e. The van der Waals surface area contributed by atoms with Crippen molar-refractivity contribution < 1.29 is 26.7 Å². The van der Waals surface area contributed by atoms with Crippen LogP contribution >= 0.6 is 0 Å². The van der Waals surface area contributed by atoms with Crippen molar-refractivity contribution in [2.24, 2.45) is 7.05 Å². The van der Waals surface area contributed by atoms with Gasteiger partial charge in [-0.15, -0.1) is 0 Å². The Morgan fingerprint density at radius 1 is 1.07 bits per heavy atom. The standard InChI is InChI=1S/C19H14F5N3O/c1-10-7-11(20)3-5-13(10)18(28)25-12-4-6-14(15(21)8-12)16-9-17(19(22,23)24)26-27(16)2/h3-9H,1-2H3,(H,25,28). The molecule has 0 spiro atoms. The van der Waals surface area contributed by atoms with Crippen LogP contribution in [-0.4, -0.2) is 15.7 Å². The zero-order valence-electron chi connectivity index (χ0n) is 14.7. The zero-order chi connectivity index (χ0) is 20.6. The summed E-state index contributed by atoms with van der Waals surface area (Å²) >= 11 is 0. The van der Waals surface area contributed by atoms with Crippen LogP contribution in [0.3, 0.4) is 0 Å². The molecule has 0 unspecified atom stereocenters. The van der Waals surface area contributed by atoms with Gasteiger partial charge in [-0.3, -0.25) is 9.48 Å². The molecular weight excluding hydrogens is 381 g/mol. The molecule has 2 aromatic carbocycles. The molecule has 0 bridgehead atoms. The summed E-state index contributed by atoms with van der Waals surface area (Å²) in [5, 5.41) is 5.83. The fourth-order valence-electron chi connectivity index (χ4n) is 2.74. The second kappa shape index (κ2) is 7.06. The lowest BCUT2D eigenvalue weighted by Crippen LogP contribution is -2.13. The summed E-state index contributed by atoms with van der Waals surface area (Å²) in [6.45, 7) is 1.56. The van der Waals surface area contributed by atoms with Gasteiger partial charge in [-0.1, -0.05) is 0 Å². The van der Waals surface area contributed by atoms with E-state index in [4.69, 9.17) is 0 Å². The Bertz CT molecular complexity index is 1060. The van der Waals surface area contributed by atoms with Crippen LogP contribution in [0.25, 0.3) is 11.3 Å². The fraction of sp³-hybridized carbons (Fsp3) is 0.158. The Balaban J connectivity index is 1.87. The average molecular weight is 395 g/mol. The molecule has 28 heavy (non-hydrogen) atoms. The third-order valence-corrected chi connectivity index (χ3v) is 4.11. The summed E-state index contributed by atoms with van der Waals surface area (Å²) in [5.41, 5.74) is -0.559. The van der Waals surface area contributed by atoms with Crippen LogP contribution in [0, 0.1) is 18.6 Å². The van der Waals surface area contributed by atoms with Crippen molar-refractivity contribution in [1.29, 1.82) is 0 Å². The molecule has 4 nitrogen and oxygen atoms in total. The lowest BCUT2D eigenvalue weighted by molar-refractivity contribution is -0.141. The van der Waals surface area contributed by atoms with Crippen molar-refractivity contribution >= 4 is 11.6 Å². The van der Waals surface area contributed by atoms with Gasteiger partial charge in [0.2, 0.25) is 0 Å². The van der Waals surface area contributed by atoms with Crippen LogP contribution < -0.4 is 5.32 Å². The van der Waals surface area contributed by atoms with Gasteiger partial charge in [0.05, 0.1) is 5.69 Å². The quantitative estimate of drug-likeness (QED) is 0.639. The predicted molar refractivity (Wildman–Crippen MR) is 92.7 cm³/mol. The Labute approximate surface area is 156 Å². The molecule has 0 fully saturated rings. The van der Waals surface area contributed by atoms with Gasteiger partial charge in [-0.25, -0.2) is 8.78 Å². The van der Waals surface area contributed by atoms with Crippen LogP contribution in [0.1, 0.15) is 21.6 Å². The van der Waals surface area contributed by atoms with Crippen molar-refractivity contribution in [3.05, 3.63) is 70.9 Å². The van der Waals surface area contributed by atoms with Crippen LogP contribution in [0.2, 0.25) is 0 Å². The maximum atomic E-state index is 14.5. The summed E-state index contributed by atoms with van der Waals surface area (Å²) in [6, 6.07) is 7.98. The number of amides is 1. The molecule has 1 N–H and O–H groups in total. The number of rotatable bonds is 3. The number of alkyl halides is 3. The molecular formula is C19H14F5N3O. The molecule has 1 aromatic heterocycles. The minimum absolute atomic E-state index is 0.0583. The van der Waals surface area contributed by atoms with E-state index in [0.29, 0.717) is 5.56 Å². The highest BCUT2D eigenvalue weighted by Gasteiger charge is 2.35. The Morgan fingerprint density at radius 3 is 2.36 bits per heavy atom. The first kappa shape index (κ1) is 19.5. The summed E-state index contributed by atoms with van der Waals surface area (Å²) in [6.07, 6.45) is -4.65. The number of nitrogens with zero attached hydrogens (tertiary/aromatic N) is 2. The SMILES string of the molecule is Cc1cc(F)ccc1C(=O)Nc1ccc(-c2cc(C(F)(F)F)nn2C)c(F)c1. The molecule has 0 atom stereocenters. The number of nitrogens with one attached hydrogen (secondary N) is 1. The highest BCUT2D eigenvalue weighted by Crippen LogP contribution is 2.33. The van der Waals surface area contributed by atoms with Crippen LogP contribution in [-0.2, 0) is 13.2 Å². The van der Waals surface area contributed by atoms with E-state index in [-0.39, 0.29) is 22.5 Å². The smallest absolute Gasteiger partial charge is 0.322 e. The van der Waals surface area contributed by atoms with E-state index in [0.717, 1.165) is 22.9 Å². The average Bonchev–Trinajstić information content (AvgIpc) is 2.97. The number of hydrogen-bond donors (Lipinski definition) is 1. The maximum absolute atomic E-state index is 14.5. The van der Waals surface area contributed by atoms with E-state index in [1.807, 2.05) is 0 Å². The number of benzene rings is 2. The second-order valence-electron chi connectivity index (χ2n) is 6.14. The first-order valence-corrected chi connectivity index (χ1v) is 8.05. The van der Waals surface area contributed by atoms with Crippen molar-refractivity contribution in [1.82, 2.24) is 9.78 Å². The topological polar surface area (TPSA) is 46.9 Å². The molecule has 1 amide bonds. The molecule has 0 aliphatic rings. The fourth-order valence-corrected chi connectivity index (χ4v) is 2.74. The molecule has 3 aromatic rings. The van der Waals surface area contributed by atoms with Gasteiger partial charge in [0.1, 0.15) is 11.6 Å². The molecule has 0 aliphatic heterocycles. The molecule has 3 rings (SSSR count). The first-order chi connectivity index (χ1) is 13.1. The van der Waals surface area contributed by atoms with Crippen LogP contribution in [0.5, 0.6) is 0 Å². The minimum atomic E-state index is -4.65. The van der Waals surface area contributed by atoms with Crippen molar-refractivity contribution in [3.8, 4) is 11.3 Å². The van der Waals surface area contributed by atoms with Crippen molar-refractivity contribution in [2.75, 3.05) is 5.32 Å². The molecule has 146 valence electrons. The van der Waals surface area contributed by atoms with E-state index in [2.05, 4.69) is 10.4 Å². The highest BCUT2D eigenvalue weighted by atomic mass is 19.4. The zero-order valence-corrected chi connectivity index (χ0v) is 14.7. The third-order valence-electron chi connectivity index (χ3n) is 4.11. The molecule has 1 heterocycles. The third kappa shape index (κ3) is 3.88.